The van der Waals surface area contributed by atoms with E-state index in [-0.39, 0.29) is 30.8 Å². The van der Waals surface area contributed by atoms with Gasteiger partial charge in [0.25, 0.3) is 0 Å². The summed E-state index contributed by atoms with van der Waals surface area (Å²) in [4.78, 5) is 41.8. The van der Waals surface area contributed by atoms with E-state index in [4.69, 9.17) is 14.2 Å². The monoisotopic (exact) mass is 588 g/mol. The van der Waals surface area contributed by atoms with E-state index in [1.165, 1.54) is 10.0 Å². The maximum atomic E-state index is 12.8. The minimum atomic E-state index is -0.626. The van der Waals surface area contributed by atoms with Crippen molar-refractivity contribution in [1.29, 1.82) is 0 Å². The third-order valence-corrected chi connectivity index (χ3v) is 7.37. The van der Waals surface area contributed by atoms with Gasteiger partial charge in [-0.05, 0) is 74.0 Å². The molecule has 12 heteroatoms. The standard InChI is InChI=1S/C19H27N3O4.C11H21N3O2/c1-19(2,3)26-18(24)22-16-10-15(11-20(4)12-16)21(22)17(23)25-13-14-8-6-5-7-9-14;1-11(2,3)16-10(15)14-9-5-8(12-14)6-13(4)7-9/h5-9,15-16H,10-13H2,1-4H3;8-9,12H,5-7H2,1-4H3. The largest absolute Gasteiger partial charge is 0.443 e. The smallest absolute Gasteiger partial charge is 0.429 e. The highest BCUT2D eigenvalue weighted by Gasteiger charge is 2.50. The zero-order chi connectivity index (χ0) is 30.8. The molecule has 234 valence electrons. The molecule has 1 N–H and O–H groups in total. The molecule has 0 aliphatic carbocycles. The number of ether oxygens (including phenoxy) is 3. The second kappa shape index (κ2) is 12.6. The van der Waals surface area contributed by atoms with Crippen molar-refractivity contribution in [2.45, 2.75) is 96.4 Å². The fourth-order valence-corrected chi connectivity index (χ4v) is 5.92. The van der Waals surface area contributed by atoms with Gasteiger partial charge < -0.3 is 24.0 Å². The van der Waals surface area contributed by atoms with Crippen LogP contribution in [0.1, 0.15) is 59.9 Å². The Balaban J connectivity index is 0.000000216. The molecule has 5 rings (SSSR count). The lowest BCUT2D eigenvalue weighted by atomic mass is 10.0. The topological polar surface area (TPSA) is 107 Å². The van der Waals surface area contributed by atoms with Crippen LogP contribution in [0.15, 0.2) is 30.3 Å². The Kier molecular flexibility index (Phi) is 9.58. The third kappa shape index (κ3) is 8.26. The van der Waals surface area contributed by atoms with E-state index < -0.39 is 23.4 Å². The molecule has 0 radical (unpaired) electrons. The molecule has 4 unspecified atom stereocenters. The zero-order valence-corrected chi connectivity index (χ0v) is 26.3. The summed E-state index contributed by atoms with van der Waals surface area (Å²) < 4.78 is 16.4. The summed E-state index contributed by atoms with van der Waals surface area (Å²) >= 11 is 0. The lowest BCUT2D eigenvalue weighted by molar-refractivity contribution is -0.0434. The van der Waals surface area contributed by atoms with E-state index in [0.29, 0.717) is 19.1 Å². The van der Waals surface area contributed by atoms with Gasteiger partial charge in [-0.25, -0.2) is 34.8 Å². The number of hydrogen-bond acceptors (Lipinski definition) is 9. The number of benzene rings is 1. The molecule has 1 aromatic carbocycles. The first kappa shape index (κ1) is 31.8. The van der Waals surface area contributed by atoms with Crippen LogP contribution >= 0.6 is 0 Å². The van der Waals surface area contributed by atoms with E-state index in [2.05, 4.69) is 22.3 Å². The molecule has 0 aromatic heterocycles. The Hall–Kier alpha value is -3.09. The molecule has 4 aliphatic heterocycles. The first-order valence-corrected chi connectivity index (χ1v) is 14.8. The van der Waals surface area contributed by atoms with Gasteiger partial charge in [-0.3, -0.25) is 0 Å². The van der Waals surface area contributed by atoms with Gasteiger partial charge in [0.2, 0.25) is 0 Å². The highest BCUT2D eigenvalue weighted by atomic mass is 16.6. The summed E-state index contributed by atoms with van der Waals surface area (Å²) in [5.41, 5.74) is 3.07. The van der Waals surface area contributed by atoms with Crippen molar-refractivity contribution in [3.8, 4) is 0 Å². The van der Waals surface area contributed by atoms with Crippen LogP contribution in [0.3, 0.4) is 0 Å². The normalized spacial score (nSPS) is 26.0. The number of carbonyl (C=O) groups is 3. The molecule has 4 saturated heterocycles. The fourth-order valence-electron chi connectivity index (χ4n) is 5.92. The molecule has 1 aromatic rings. The molecule has 4 atom stereocenters. The molecule has 4 bridgehead atoms. The average molecular weight is 589 g/mol. The van der Waals surface area contributed by atoms with Crippen LogP contribution in [-0.2, 0) is 20.8 Å². The van der Waals surface area contributed by atoms with E-state index in [0.717, 1.165) is 31.5 Å². The van der Waals surface area contributed by atoms with Crippen LogP contribution in [0.25, 0.3) is 0 Å². The number of rotatable bonds is 2. The number of hydrazine groups is 2. The molecule has 4 fully saturated rings. The summed E-state index contributed by atoms with van der Waals surface area (Å²) in [6.07, 6.45) is 0.503. The van der Waals surface area contributed by atoms with Crippen LogP contribution in [-0.4, -0.2) is 119 Å². The lowest BCUT2D eigenvalue weighted by Crippen LogP contribution is -2.52. The number of nitrogens with zero attached hydrogens (tertiary/aromatic N) is 5. The molecule has 0 saturated carbocycles. The Labute approximate surface area is 249 Å². The molecule has 4 heterocycles. The van der Waals surface area contributed by atoms with E-state index >= 15 is 0 Å². The van der Waals surface area contributed by atoms with E-state index in [1.54, 1.807) is 5.01 Å². The number of likely N-dealkylation sites (N-methyl/N-ethyl adjacent to an activating group) is 2. The zero-order valence-electron chi connectivity index (χ0n) is 26.3. The van der Waals surface area contributed by atoms with Crippen LogP contribution in [0.5, 0.6) is 0 Å². The first-order valence-electron chi connectivity index (χ1n) is 14.8. The van der Waals surface area contributed by atoms with Crippen molar-refractivity contribution < 1.29 is 28.6 Å². The van der Waals surface area contributed by atoms with Crippen LogP contribution in [0, 0.1) is 0 Å². The van der Waals surface area contributed by atoms with Gasteiger partial charge >= 0.3 is 18.3 Å². The quantitative estimate of drug-likeness (QED) is 0.518. The average Bonchev–Trinajstić information content (AvgIpc) is 3.32. The van der Waals surface area contributed by atoms with Crippen molar-refractivity contribution in [3.63, 3.8) is 0 Å². The number of hydrogen-bond donors (Lipinski definition) is 1. The number of amides is 3. The third-order valence-electron chi connectivity index (χ3n) is 7.37. The molecular formula is C30H48N6O6. The fraction of sp³-hybridized carbons (Fsp3) is 0.700. The summed E-state index contributed by atoms with van der Waals surface area (Å²) in [5.74, 6) is 0. The molecule has 3 amide bonds. The van der Waals surface area contributed by atoms with Gasteiger partial charge in [0.05, 0.1) is 18.1 Å². The lowest BCUT2D eigenvalue weighted by Gasteiger charge is -2.33. The van der Waals surface area contributed by atoms with Crippen LogP contribution in [0.4, 0.5) is 14.4 Å². The Morgan fingerprint density at radius 2 is 1.26 bits per heavy atom. The molecule has 4 aliphatic rings. The maximum absolute atomic E-state index is 12.8. The SMILES string of the molecule is CN1CC2CC(C1)N(C(=O)OC(C)(C)C)N2.CN1CC2CC(C1)N(C(=O)OC(C)(C)C)N2C(=O)OCc1ccccc1. The Bertz CT molecular complexity index is 1110. The molecular weight excluding hydrogens is 540 g/mol. The van der Waals surface area contributed by atoms with E-state index in [9.17, 15) is 14.4 Å². The van der Waals surface area contributed by atoms with Gasteiger partial charge in [-0.15, -0.1) is 0 Å². The Morgan fingerprint density at radius 1 is 0.738 bits per heavy atom. The van der Waals surface area contributed by atoms with Gasteiger partial charge in [-0.1, -0.05) is 30.3 Å². The predicted molar refractivity (Wildman–Crippen MR) is 157 cm³/mol. The molecule has 0 spiro atoms. The second-order valence-corrected chi connectivity index (χ2v) is 13.8. The van der Waals surface area contributed by atoms with Crippen molar-refractivity contribution in [2.75, 3.05) is 40.3 Å². The second-order valence-electron chi connectivity index (χ2n) is 13.8. The Morgan fingerprint density at radius 3 is 1.86 bits per heavy atom. The predicted octanol–water partition coefficient (Wildman–Crippen LogP) is 3.68. The number of likely N-dealkylation sites (tertiary alicyclic amines) is 2. The molecule has 12 nitrogen and oxygen atoms in total. The summed E-state index contributed by atoms with van der Waals surface area (Å²) in [6.45, 7) is 14.6. The molecule has 42 heavy (non-hydrogen) atoms. The highest BCUT2D eigenvalue weighted by Crippen LogP contribution is 2.32. The minimum absolute atomic E-state index is 0.0853. The van der Waals surface area contributed by atoms with Gasteiger partial charge in [0, 0.05) is 32.2 Å². The summed E-state index contributed by atoms with van der Waals surface area (Å²) in [7, 11) is 4.07. The van der Waals surface area contributed by atoms with Crippen molar-refractivity contribution in [3.05, 3.63) is 35.9 Å². The number of piperidine rings is 2. The van der Waals surface area contributed by atoms with Crippen molar-refractivity contribution in [1.82, 2.24) is 30.3 Å². The van der Waals surface area contributed by atoms with Gasteiger partial charge in [0.15, 0.2) is 0 Å². The number of fused-ring (bicyclic) bond motifs is 4. The minimum Gasteiger partial charge on any atom is -0.443 e. The van der Waals surface area contributed by atoms with Crippen LogP contribution in [0.2, 0.25) is 0 Å². The van der Waals surface area contributed by atoms with Gasteiger partial charge in [-0.2, -0.15) is 0 Å². The first-order chi connectivity index (χ1) is 19.6. The number of carbonyl (C=O) groups excluding carboxylic acids is 3. The van der Waals surface area contributed by atoms with E-state index in [1.807, 2.05) is 78.9 Å². The van der Waals surface area contributed by atoms with Crippen LogP contribution < -0.4 is 5.43 Å². The maximum Gasteiger partial charge on any atom is 0.429 e. The number of nitrogens with one attached hydrogen (secondary N) is 1. The summed E-state index contributed by atoms with van der Waals surface area (Å²) in [6, 6.07) is 9.96. The van der Waals surface area contributed by atoms with Crippen molar-refractivity contribution >= 4 is 18.3 Å². The van der Waals surface area contributed by atoms with Crippen molar-refractivity contribution in [2.24, 2.45) is 0 Å². The summed E-state index contributed by atoms with van der Waals surface area (Å²) in [5, 5.41) is 4.57. The van der Waals surface area contributed by atoms with Gasteiger partial charge in [0.1, 0.15) is 17.8 Å². The highest BCUT2D eigenvalue weighted by molar-refractivity contribution is 5.76.